The molecule has 4 rings (SSSR count). The van der Waals surface area contributed by atoms with Crippen molar-refractivity contribution in [2.75, 3.05) is 13.1 Å². The highest BCUT2D eigenvalue weighted by Gasteiger charge is 2.27. The third-order valence-electron chi connectivity index (χ3n) is 4.35. The average Bonchev–Trinajstić information content (AvgIpc) is 3.17. The predicted octanol–water partition coefficient (Wildman–Crippen LogP) is 1.26. The minimum atomic E-state index is -0.167. The SMILES string of the molecule is O=C(c1ccno1)N1CCC(n2cnc3ncccc3c2=O)CC1. The molecule has 8 heteroatoms. The Bertz CT molecular complexity index is 926. The van der Waals surface area contributed by atoms with Crippen LogP contribution in [0.25, 0.3) is 11.0 Å². The minimum absolute atomic E-state index is 0.0217. The topological polar surface area (TPSA) is 94.1 Å². The van der Waals surface area contributed by atoms with Crippen LogP contribution >= 0.6 is 0 Å². The van der Waals surface area contributed by atoms with Crippen molar-refractivity contribution in [3.63, 3.8) is 0 Å². The molecule has 1 amide bonds. The lowest BCUT2D eigenvalue weighted by molar-refractivity contribution is 0.0651. The Morgan fingerprint density at radius 3 is 2.75 bits per heavy atom. The van der Waals surface area contributed by atoms with Gasteiger partial charge in [-0.1, -0.05) is 5.16 Å². The van der Waals surface area contributed by atoms with Crippen LogP contribution in [0.5, 0.6) is 0 Å². The van der Waals surface area contributed by atoms with Crippen molar-refractivity contribution in [1.82, 2.24) is 24.6 Å². The van der Waals surface area contributed by atoms with Gasteiger partial charge in [-0.3, -0.25) is 14.2 Å². The second-order valence-electron chi connectivity index (χ2n) is 5.73. The number of piperidine rings is 1. The molecule has 1 fully saturated rings. The summed E-state index contributed by atoms with van der Waals surface area (Å²) >= 11 is 0. The Balaban J connectivity index is 1.53. The number of amides is 1. The molecule has 1 aliphatic heterocycles. The number of nitrogens with zero attached hydrogens (tertiary/aromatic N) is 5. The smallest absolute Gasteiger partial charge is 0.292 e. The van der Waals surface area contributed by atoms with Crippen LogP contribution in [0.1, 0.15) is 29.4 Å². The largest absolute Gasteiger partial charge is 0.351 e. The van der Waals surface area contributed by atoms with Gasteiger partial charge in [0, 0.05) is 31.4 Å². The molecule has 0 radical (unpaired) electrons. The maximum atomic E-state index is 12.6. The molecule has 0 atom stereocenters. The molecule has 1 aliphatic rings. The van der Waals surface area contributed by atoms with Crippen LogP contribution in [0.4, 0.5) is 0 Å². The van der Waals surface area contributed by atoms with E-state index < -0.39 is 0 Å². The number of carbonyl (C=O) groups is 1. The summed E-state index contributed by atoms with van der Waals surface area (Å²) in [6.45, 7) is 1.11. The summed E-state index contributed by atoms with van der Waals surface area (Å²) in [6, 6.07) is 5.04. The van der Waals surface area contributed by atoms with Gasteiger partial charge < -0.3 is 9.42 Å². The number of hydrogen-bond donors (Lipinski definition) is 0. The fourth-order valence-corrected chi connectivity index (χ4v) is 3.06. The number of hydrogen-bond acceptors (Lipinski definition) is 6. The van der Waals surface area contributed by atoms with Crippen LogP contribution in [-0.2, 0) is 0 Å². The summed E-state index contributed by atoms with van der Waals surface area (Å²) in [5, 5.41) is 4.07. The third-order valence-corrected chi connectivity index (χ3v) is 4.35. The molecule has 3 aromatic rings. The molecule has 1 saturated heterocycles. The highest BCUT2D eigenvalue weighted by molar-refractivity contribution is 5.91. The Labute approximate surface area is 136 Å². The van der Waals surface area contributed by atoms with Gasteiger partial charge in [-0.05, 0) is 25.0 Å². The van der Waals surface area contributed by atoms with Crippen molar-refractivity contribution in [1.29, 1.82) is 0 Å². The first-order valence-corrected chi connectivity index (χ1v) is 7.76. The fraction of sp³-hybridized carbons (Fsp3) is 0.312. The lowest BCUT2D eigenvalue weighted by Crippen LogP contribution is -2.40. The lowest BCUT2D eigenvalue weighted by Gasteiger charge is -2.32. The zero-order valence-corrected chi connectivity index (χ0v) is 12.8. The third kappa shape index (κ3) is 2.45. The molecule has 0 aliphatic carbocycles. The zero-order valence-electron chi connectivity index (χ0n) is 12.8. The first-order chi connectivity index (χ1) is 11.7. The number of aromatic nitrogens is 4. The van der Waals surface area contributed by atoms with Crippen LogP contribution in [0.15, 0.2) is 46.2 Å². The van der Waals surface area contributed by atoms with Gasteiger partial charge in [-0.25, -0.2) is 9.97 Å². The van der Waals surface area contributed by atoms with E-state index in [4.69, 9.17) is 4.52 Å². The molecule has 0 N–H and O–H groups in total. The summed E-state index contributed by atoms with van der Waals surface area (Å²) in [6.07, 6.45) is 6.00. The van der Waals surface area contributed by atoms with Crippen molar-refractivity contribution in [3.8, 4) is 0 Å². The van der Waals surface area contributed by atoms with E-state index in [1.165, 1.54) is 6.20 Å². The predicted molar refractivity (Wildman–Crippen MR) is 84.5 cm³/mol. The maximum absolute atomic E-state index is 12.6. The van der Waals surface area contributed by atoms with E-state index in [1.54, 1.807) is 40.2 Å². The summed E-state index contributed by atoms with van der Waals surface area (Å²) in [4.78, 5) is 34.9. The number of fused-ring (bicyclic) bond motifs is 1. The molecule has 3 aromatic heterocycles. The molecule has 0 bridgehead atoms. The number of carbonyl (C=O) groups excluding carboxylic acids is 1. The average molecular weight is 325 g/mol. The summed E-state index contributed by atoms with van der Waals surface area (Å²) < 4.78 is 6.57. The molecular formula is C16H15N5O3. The number of pyridine rings is 1. The summed E-state index contributed by atoms with van der Waals surface area (Å²) in [5.41, 5.74) is 0.366. The van der Waals surface area contributed by atoms with Crippen molar-refractivity contribution in [3.05, 3.63) is 53.0 Å². The van der Waals surface area contributed by atoms with Crippen LogP contribution in [0.3, 0.4) is 0 Å². The van der Waals surface area contributed by atoms with Gasteiger partial charge in [0.05, 0.1) is 11.6 Å². The number of rotatable bonds is 2. The van der Waals surface area contributed by atoms with Crippen LogP contribution < -0.4 is 5.56 Å². The molecule has 24 heavy (non-hydrogen) atoms. The Kier molecular flexibility index (Phi) is 3.56. The monoisotopic (exact) mass is 325 g/mol. The van der Waals surface area contributed by atoms with Crippen LogP contribution in [0.2, 0.25) is 0 Å². The number of likely N-dealkylation sites (tertiary alicyclic amines) is 1. The van der Waals surface area contributed by atoms with Crippen molar-refractivity contribution in [2.24, 2.45) is 0 Å². The van der Waals surface area contributed by atoms with E-state index in [1.807, 2.05) is 0 Å². The van der Waals surface area contributed by atoms with Crippen molar-refractivity contribution in [2.45, 2.75) is 18.9 Å². The van der Waals surface area contributed by atoms with Gasteiger partial charge in [0.2, 0.25) is 5.76 Å². The van der Waals surface area contributed by atoms with E-state index >= 15 is 0 Å². The first kappa shape index (κ1) is 14.6. The first-order valence-electron chi connectivity index (χ1n) is 7.76. The highest BCUT2D eigenvalue weighted by Crippen LogP contribution is 2.22. The Morgan fingerprint density at radius 1 is 1.17 bits per heavy atom. The van der Waals surface area contributed by atoms with Crippen molar-refractivity contribution < 1.29 is 9.32 Å². The molecule has 0 aromatic carbocycles. The Hall–Kier alpha value is -3.03. The quantitative estimate of drug-likeness (QED) is 0.704. The second-order valence-corrected chi connectivity index (χ2v) is 5.73. The van der Waals surface area contributed by atoms with E-state index in [9.17, 15) is 9.59 Å². The standard InChI is InChI=1S/C16H15N5O3/c22-15-12-2-1-6-17-14(12)18-10-21(15)11-4-8-20(9-5-11)16(23)13-3-7-19-24-13/h1-3,6-7,10-11H,4-5,8-9H2. The van der Waals surface area contributed by atoms with Gasteiger partial charge in [-0.2, -0.15) is 0 Å². The summed E-state index contributed by atoms with van der Waals surface area (Å²) in [7, 11) is 0. The molecule has 0 spiro atoms. The molecule has 0 unspecified atom stereocenters. The van der Waals surface area contributed by atoms with E-state index in [0.717, 1.165) is 0 Å². The second kappa shape index (κ2) is 5.88. The highest BCUT2D eigenvalue weighted by atomic mass is 16.5. The van der Waals surface area contributed by atoms with Gasteiger partial charge >= 0.3 is 0 Å². The molecular weight excluding hydrogens is 310 g/mol. The van der Waals surface area contributed by atoms with Gasteiger partial charge in [-0.15, -0.1) is 0 Å². The van der Waals surface area contributed by atoms with Gasteiger partial charge in [0.1, 0.15) is 6.33 Å². The van der Waals surface area contributed by atoms with Gasteiger partial charge in [0.25, 0.3) is 11.5 Å². The van der Waals surface area contributed by atoms with Crippen LogP contribution in [0, 0.1) is 0 Å². The van der Waals surface area contributed by atoms with E-state index in [0.29, 0.717) is 37.0 Å². The minimum Gasteiger partial charge on any atom is -0.351 e. The maximum Gasteiger partial charge on any atom is 0.292 e. The summed E-state index contributed by atoms with van der Waals surface area (Å²) in [5.74, 6) is 0.0724. The molecule has 4 heterocycles. The molecule has 0 saturated carbocycles. The lowest BCUT2D eigenvalue weighted by atomic mass is 10.0. The normalized spacial score (nSPS) is 15.8. The molecule has 8 nitrogen and oxygen atoms in total. The van der Waals surface area contributed by atoms with Gasteiger partial charge in [0.15, 0.2) is 5.65 Å². The Morgan fingerprint density at radius 2 is 2.00 bits per heavy atom. The zero-order chi connectivity index (χ0) is 16.5. The molecule has 122 valence electrons. The van der Waals surface area contributed by atoms with Crippen LogP contribution in [-0.4, -0.2) is 43.6 Å². The fourth-order valence-electron chi connectivity index (χ4n) is 3.06. The van der Waals surface area contributed by atoms with Crippen molar-refractivity contribution >= 4 is 16.9 Å². The van der Waals surface area contributed by atoms with E-state index in [2.05, 4.69) is 15.1 Å². The van der Waals surface area contributed by atoms with E-state index in [-0.39, 0.29) is 23.3 Å².